The Hall–Kier alpha value is -3.13. The molecule has 1 aliphatic heterocycles. The first-order valence-electron chi connectivity index (χ1n) is 7.70. The molecule has 130 valence electrons. The molecule has 3 rings (SSSR count). The van der Waals surface area contributed by atoms with Gasteiger partial charge in [0.05, 0.1) is 6.10 Å². The summed E-state index contributed by atoms with van der Waals surface area (Å²) in [6.45, 7) is -0.0713. The SMILES string of the molecule is NC(=O)N1C[C@H](O)C[C@]1(C(N)=O)c1ccc(-n2ccccc2=O)cc1. The molecule has 0 unspecified atom stereocenters. The number of nitrogens with zero attached hydrogens (tertiary/aromatic N) is 2. The molecule has 0 spiro atoms. The Morgan fingerprint density at radius 3 is 2.36 bits per heavy atom. The third kappa shape index (κ3) is 2.66. The third-order valence-electron chi connectivity index (χ3n) is 4.50. The Bertz CT molecular complexity index is 877. The molecular formula is C17H18N4O4. The van der Waals surface area contributed by atoms with Crippen LogP contribution in [0.2, 0.25) is 0 Å². The Kier molecular flexibility index (Phi) is 4.05. The number of carbonyl (C=O) groups is 2. The molecule has 8 nitrogen and oxygen atoms in total. The zero-order chi connectivity index (χ0) is 18.2. The van der Waals surface area contributed by atoms with E-state index >= 15 is 0 Å². The van der Waals surface area contributed by atoms with E-state index in [4.69, 9.17) is 11.5 Å². The highest BCUT2D eigenvalue weighted by molar-refractivity contribution is 5.91. The molecular weight excluding hydrogens is 324 g/mol. The van der Waals surface area contributed by atoms with E-state index in [2.05, 4.69) is 0 Å². The number of pyridine rings is 1. The number of benzene rings is 1. The monoisotopic (exact) mass is 342 g/mol. The van der Waals surface area contributed by atoms with Crippen LogP contribution in [0.25, 0.3) is 5.69 Å². The van der Waals surface area contributed by atoms with Crippen molar-refractivity contribution >= 4 is 11.9 Å². The third-order valence-corrected chi connectivity index (χ3v) is 4.50. The summed E-state index contributed by atoms with van der Waals surface area (Å²) in [6.07, 6.45) is 0.683. The van der Waals surface area contributed by atoms with Crippen molar-refractivity contribution in [1.29, 1.82) is 0 Å². The summed E-state index contributed by atoms with van der Waals surface area (Å²) in [5, 5.41) is 9.96. The quantitative estimate of drug-likeness (QED) is 0.704. The fourth-order valence-corrected chi connectivity index (χ4v) is 3.35. The number of hydrogen-bond acceptors (Lipinski definition) is 4. The molecule has 0 saturated carbocycles. The number of hydrogen-bond donors (Lipinski definition) is 3. The number of β-amino-alcohol motifs (C(OH)–C–C–N with tert-alkyl or cyclic N) is 1. The fourth-order valence-electron chi connectivity index (χ4n) is 3.35. The van der Waals surface area contributed by atoms with Gasteiger partial charge in [-0.2, -0.15) is 0 Å². The van der Waals surface area contributed by atoms with Gasteiger partial charge in [-0.25, -0.2) is 4.79 Å². The molecule has 1 aromatic carbocycles. The molecule has 2 heterocycles. The fraction of sp³-hybridized carbons (Fsp3) is 0.235. The number of urea groups is 1. The maximum Gasteiger partial charge on any atom is 0.316 e. The summed E-state index contributed by atoms with van der Waals surface area (Å²) in [4.78, 5) is 36.9. The van der Waals surface area contributed by atoms with Crippen LogP contribution in [-0.2, 0) is 10.3 Å². The first-order chi connectivity index (χ1) is 11.9. The molecule has 2 aromatic rings. The van der Waals surface area contributed by atoms with Gasteiger partial charge in [-0.05, 0) is 23.8 Å². The summed E-state index contributed by atoms with van der Waals surface area (Å²) >= 11 is 0. The largest absolute Gasteiger partial charge is 0.391 e. The van der Waals surface area contributed by atoms with Crippen molar-refractivity contribution < 1.29 is 14.7 Å². The maximum atomic E-state index is 12.2. The summed E-state index contributed by atoms with van der Waals surface area (Å²) in [5.41, 5.74) is 10.3. The number of likely N-dealkylation sites (tertiary alicyclic amines) is 1. The van der Waals surface area contributed by atoms with E-state index in [1.807, 2.05) is 0 Å². The van der Waals surface area contributed by atoms with Gasteiger partial charge in [0, 0.05) is 30.9 Å². The number of amides is 3. The minimum Gasteiger partial charge on any atom is -0.391 e. The van der Waals surface area contributed by atoms with Gasteiger partial charge in [0.2, 0.25) is 5.91 Å². The number of nitrogens with two attached hydrogens (primary N) is 2. The lowest BCUT2D eigenvalue weighted by atomic mass is 9.86. The highest BCUT2D eigenvalue weighted by Crippen LogP contribution is 2.39. The second-order valence-electron chi connectivity index (χ2n) is 5.99. The van der Waals surface area contributed by atoms with Crippen molar-refractivity contribution in [3.8, 4) is 5.69 Å². The molecule has 1 saturated heterocycles. The van der Waals surface area contributed by atoms with E-state index in [0.29, 0.717) is 11.3 Å². The molecule has 5 N–H and O–H groups in total. The van der Waals surface area contributed by atoms with Crippen molar-refractivity contribution in [2.45, 2.75) is 18.1 Å². The van der Waals surface area contributed by atoms with Crippen LogP contribution in [0.3, 0.4) is 0 Å². The van der Waals surface area contributed by atoms with Crippen LogP contribution in [0.4, 0.5) is 4.79 Å². The van der Waals surface area contributed by atoms with Crippen LogP contribution in [0.1, 0.15) is 12.0 Å². The van der Waals surface area contributed by atoms with E-state index in [9.17, 15) is 19.5 Å². The van der Waals surface area contributed by atoms with Crippen molar-refractivity contribution in [3.05, 3.63) is 64.6 Å². The van der Waals surface area contributed by atoms with Crippen LogP contribution in [0.15, 0.2) is 53.5 Å². The normalized spacial score (nSPS) is 22.8. The average Bonchev–Trinajstić information content (AvgIpc) is 2.94. The van der Waals surface area contributed by atoms with Crippen molar-refractivity contribution in [2.24, 2.45) is 11.5 Å². The van der Waals surface area contributed by atoms with Crippen molar-refractivity contribution in [2.75, 3.05) is 6.54 Å². The average molecular weight is 342 g/mol. The lowest BCUT2D eigenvalue weighted by Gasteiger charge is -2.34. The molecule has 8 heteroatoms. The van der Waals surface area contributed by atoms with Gasteiger partial charge >= 0.3 is 6.03 Å². The molecule has 1 aromatic heterocycles. The highest BCUT2D eigenvalue weighted by atomic mass is 16.3. The minimum atomic E-state index is -1.51. The predicted octanol–water partition coefficient (Wildman–Crippen LogP) is -0.337. The van der Waals surface area contributed by atoms with Gasteiger partial charge in [0.25, 0.3) is 5.56 Å². The first-order valence-corrected chi connectivity index (χ1v) is 7.70. The smallest absolute Gasteiger partial charge is 0.316 e. The van der Waals surface area contributed by atoms with E-state index in [-0.39, 0.29) is 18.5 Å². The first kappa shape index (κ1) is 16.7. The molecule has 0 radical (unpaired) electrons. The van der Waals surface area contributed by atoms with E-state index in [1.165, 1.54) is 10.6 Å². The van der Waals surface area contributed by atoms with Crippen LogP contribution >= 0.6 is 0 Å². The number of primary amides is 2. The van der Waals surface area contributed by atoms with E-state index in [0.717, 1.165) is 4.90 Å². The molecule has 2 atom stereocenters. The van der Waals surface area contributed by atoms with Crippen molar-refractivity contribution in [3.63, 3.8) is 0 Å². The second kappa shape index (κ2) is 6.06. The molecule has 3 amide bonds. The Labute approximate surface area is 143 Å². The predicted molar refractivity (Wildman–Crippen MR) is 89.8 cm³/mol. The van der Waals surface area contributed by atoms with Gasteiger partial charge in [0.1, 0.15) is 0 Å². The molecule has 1 aliphatic rings. The van der Waals surface area contributed by atoms with Gasteiger partial charge < -0.3 is 21.5 Å². The molecule has 25 heavy (non-hydrogen) atoms. The van der Waals surface area contributed by atoms with Gasteiger partial charge in [-0.1, -0.05) is 18.2 Å². The summed E-state index contributed by atoms with van der Waals surface area (Å²) in [5.74, 6) is -0.771. The van der Waals surface area contributed by atoms with Gasteiger partial charge in [-0.3, -0.25) is 14.2 Å². The Balaban J connectivity index is 2.08. The number of rotatable bonds is 3. The molecule has 1 fully saturated rings. The zero-order valence-corrected chi connectivity index (χ0v) is 13.3. The topological polar surface area (TPSA) is 132 Å². The van der Waals surface area contributed by atoms with E-state index < -0.39 is 23.6 Å². The lowest BCUT2D eigenvalue weighted by Crippen LogP contribution is -2.55. The zero-order valence-electron chi connectivity index (χ0n) is 13.3. The Morgan fingerprint density at radius 2 is 1.80 bits per heavy atom. The van der Waals surface area contributed by atoms with Crippen LogP contribution < -0.4 is 17.0 Å². The summed E-state index contributed by atoms with van der Waals surface area (Å²) < 4.78 is 1.44. The highest BCUT2D eigenvalue weighted by Gasteiger charge is 2.52. The summed E-state index contributed by atoms with van der Waals surface area (Å²) in [6, 6.07) is 10.5. The van der Waals surface area contributed by atoms with Gasteiger partial charge in [-0.15, -0.1) is 0 Å². The second-order valence-corrected chi connectivity index (χ2v) is 5.99. The van der Waals surface area contributed by atoms with Crippen molar-refractivity contribution in [1.82, 2.24) is 9.47 Å². The lowest BCUT2D eigenvalue weighted by molar-refractivity contribution is -0.127. The molecule has 0 bridgehead atoms. The van der Waals surface area contributed by atoms with Gasteiger partial charge in [0.15, 0.2) is 5.54 Å². The number of aliphatic hydroxyl groups excluding tert-OH is 1. The number of aliphatic hydroxyl groups is 1. The van der Waals surface area contributed by atoms with Crippen LogP contribution in [-0.4, -0.2) is 39.2 Å². The minimum absolute atomic E-state index is 0.0318. The van der Waals surface area contributed by atoms with Crippen LogP contribution in [0, 0.1) is 0 Å². The van der Waals surface area contributed by atoms with E-state index in [1.54, 1.807) is 42.6 Å². The summed E-state index contributed by atoms with van der Waals surface area (Å²) in [7, 11) is 0. The standard InChI is InChI=1S/C17H18N4O4/c18-15(24)17(9-13(22)10-21(17)16(19)25)11-4-6-12(7-5-11)20-8-2-1-3-14(20)23/h1-8,13,22H,9-10H2,(H2,18,24)(H2,19,25)/t13-,17-/m1/s1. The Morgan fingerprint density at radius 1 is 1.12 bits per heavy atom. The van der Waals surface area contributed by atoms with Crippen LogP contribution in [0.5, 0.6) is 0 Å². The number of aromatic nitrogens is 1. The molecule has 0 aliphatic carbocycles. The maximum absolute atomic E-state index is 12.2. The number of carbonyl (C=O) groups excluding carboxylic acids is 2.